The van der Waals surface area contributed by atoms with Gasteiger partial charge in [0.1, 0.15) is 46.9 Å². The van der Waals surface area contributed by atoms with E-state index in [2.05, 4.69) is 37.3 Å². The van der Waals surface area contributed by atoms with Crippen LogP contribution in [0.3, 0.4) is 0 Å². The number of carbonyl (C=O) groups excluding carboxylic acids is 4. The number of oxazole rings is 4. The van der Waals surface area contributed by atoms with Gasteiger partial charge in [-0.25, -0.2) is 29.5 Å². The first-order valence-corrected chi connectivity index (χ1v) is 27.0. The molecule has 6 aliphatic rings. The number of methoxy groups -OCH3 is 2. The van der Waals surface area contributed by atoms with Crippen LogP contribution in [0.5, 0.6) is 11.5 Å². The van der Waals surface area contributed by atoms with E-state index < -0.39 is 64.2 Å². The third-order valence-electron chi connectivity index (χ3n) is 16.3. The van der Waals surface area contributed by atoms with E-state index >= 15 is 0 Å². The summed E-state index contributed by atoms with van der Waals surface area (Å²) >= 11 is 0. The van der Waals surface area contributed by atoms with Crippen LogP contribution < -0.4 is 36.5 Å². The zero-order valence-electron chi connectivity index (χ0n) is 46.4. The van der Waals surface area contributed by atoms with Crippen molar-refractivity contribution in [3.8, 4) is 34.7 Å². The molecule has 82 heavy (non-hydrogen) atoms. The number of carbonyl (C=O) groups is 4. The number of nitrogens with zero attached hydrogens (tertiary/aromatic N) is 4. The molecule has 0 fully saturated rings. The molecular formula is C61H61N9O12. The van der Waals surface area contributed by atoms with E-state index in [4.69, 9.17) is 52.3 Å². The van der Waals surface area contributed by atoms with Gasteiger partial charge in [-0.1, -0.05) is 109 Å². The number of hydrogen-bond donors (Lipinski definition) is 5. The molecule has 0 aliphatic carbocycles. The van der Waals surface area contributed by atoms with Crippen molar-refractivity contribution in [3.63, 3.8) is 0 Å². The van der Waals surface area contributed by atoms with Gasteiger partial charge in [-0.05, 0) is 70.2 Å². The summed E-state index contributed by atoms with van der Waals surface area (Å²) in [5.74, 6) is 0.947. The fourth-order valence-electron chi connectivity index (χ4n) is 12.2. The van der Waals surface area contributed by atoms with Crippen molar-refractivity contribution in [3.05, 3.63) is 166 Å². The van der Waals surface area contributed by atoms with E-state index in [0.717, 1.165) is 44.8 Å². The van der Waals surface area contributed by atoms with Gasteiger partial charge in [-0.3, -0.25) is 9.59 Å². The molecule has 14 rings (SSSR count). The summed E-state index contributed by atoms with van der Waals surface area (Å²) in [7, 11) is 2.55. The molecule has 2 spiro atoms. The molecule has 0 radical (unpaired) electrons. The molecule has 4 aromatic carbocycles. The van der Waals surface area contributed by atoms with Crippen LogP contribution in [0.1, 0.15) is 140 Å². The van der Waals surface area contributed by atoms with Crippen LogP contribution in [-0.4, -0.2) is 76.4 Å². The summed E-state index contributed by atoms with van der Waals surface area (Å²) in [5.41, 5.74) is 11.3. The lowest BCUT2D eigenvalue weighted by molar-refractivity contribution is -0.126. The molecular weight excluding hydrogens is 1050 g/mol. The van der Waals surface area contributed by atoms with Crippen LogP contribution in [0.15, 0.2) is 115 Å². The maximum absolute atomic E-state index is 13.5. The average molecular weight is 1110 g/mol. The van der Waals surface area contributed by atoms with E-state index in [0.29, 0.717) is 47.4 Å². The maximum Gasteiger partial charge on any atom is 0.360 e. The highest BCUT2D eigenvalue weighted by molar-refractivity contribution is 5.88. The molecule has 0 saturated heterocycles. The number of nitrogens with two attached hydrogens (primary N) is 1. The van der Waals surface area contributed by atoms with Crippen LogP contribution in [0.4, 0.5) is 11.4 Å². The summed E-state index contributed by atoms with van der Waals surface area (Å²) in [6.45, 7) is 13.9. The molecule has 422 valence electrons. The molecule has 8 atom stereocenters. The van der Waals surface area contributed by atoms with Gasteiger partial charge in [0.25, 0.3) is 0 Å². The largest absolute Gasteiger partial charge is 0.469 e. The topological polar surface area (TPSA) is 283 Å². The number of amides is 2. The second-order valence-electron chi connectivity index (χ2n) is 23.7. The Labute approximate surface area is 471 Å². The average Bonchev–Trinajstić information content (AvgIpc) is 1.59. The van der Waals surface area contributed by atoms with Crippen molar-refractivity contribution in [2.45, 2.75) is 103 Å². The van der Waals surface area contributed by atoms with E-state index in [1.54, 1.807) is 0 Å². The smallest absolute Gasteiger partial charge is 0.360 e. The molecule has 10 heterocycles. The maximum atomic E-state index is 13.5. The lowest BCUT2D eigenvalue weighted by Gasteiger charge is -2.31. The molecule has 8 bridgehead atoms. The van der Waals surface area contributed by atoms with Crippen LogP contribution >= 0.6 is 0 Å². The number of para-hydroxylation sites is 2. The molecule has 4 aromatic heterocycles. The summed E-state index contributed by atoms with van der Waals surface area (Å²) in [6, 6.07) is 25.7. The second-order valence-corrected chi connectivity index (χ2v) is 23.7. The minimum atomic E-state index is -1.00. The number of anilines is 2. The zero-order valence-corrected chi connectivity index (χ0v) is 46.4. The van der Waals surface area contributed by atoms with E-state index in [1.165, 1.54) is 26.7 Å². The number of aromatic nitrogens is 4. The molecule has 0 saturated carbocycles. The van der Waals surface area contributed by atoms with E-state index in [9.17, 15) is 19.2 Å². The van der Waals surface area contributed by atoms with Gasteiger partial charge in [-0.15, -0.1) is 0 Å². The second kappa shape index (κ2) is 18.7. The van der Waals surface area contributed by atoms with Crippen molar-refractivity contribution in [2.24, 2.45) is 22.5 Å². The van der Waals surface area contributed by atoms with Gasteiger partial charge in [0.15, 0.2) is 46.8 Å². The van der Waals surface area contributed by atoms with Crippen LogP contribution in [-0.2, 0) is 42.7 Å². The quantitative estimate of drug-likeness (QED) is 0.103. The summed E-state index contributed by atoms with van der Waals surface area (Å²) < 4.78 is 47.9. The Morgan fingerprint density at radius 1 is 0.598 bits per heavy atom. The highest BCUT2D eigenvalue weighted by atomic mass is 16.5. The van der Waals surface area contributed by atoms with Crippen molar-refractivity contribution in [1.29, 1.82) is 0 Å². The number of fused-ring (bicyclic) bond motifs is 8. The first-order chi connectivity index (χ1) is 39.2. The molecule has 8 aromatic rings. The molecule has 6 unspecified atom stereocenters. The predicted octanol–water partition coefficient (Wildman–Crippen LogP) is 8.92. The minimum Gasteiger partial charge on any atom is -0.469 e. The van der Waals surface area contributed by atoms with Gasteiger partial charge >= 0.3 is 11.9 Å². The molecule has 2 amide bonds. The van der Waals surface area contributed by atoms with Crippen molar-refractivity contribution >= 4 is 35.1 Å². The third kappa shape index (κ3) is 7.90. The highest BCUT2D eigenvalue weighted by Crippen LogP contribution is 2.61. The molecule has 21 heteroatoms. The van der Waals surface area contributed by atoms with Crippen molar-refractivity contribution < 1.29 is 57.2 Å². The van der Waals surface area contributed by atoms with Gasteiger partial charge in [0.2, 0.25) is 35.4 Å². The normalized spacial score (nSPS) is 24.2. The number of rotatable bonds is 4. The molecule has 6 aliphatic heterocycles. The van der Waals surface area contributed by atoms with Crippen molar-refractivity contribution in [1.82, 2.24) is 30.6 Å². The Morgan fingerprint density at radius 3 is 1.49 bits per heavy atom. The summed E-state index contributed by atoms with van der Waals surface area (Å²) in [4.78, 5) is 70.0. The van der Waals surface area contributed by atoms with Crippen LogP contribution in [0, 0.1) is 16.7 Å². The monoisotopic (exact) mass is 1110 g/mol. The first kappa shape index (κ1) is 52.2. The van der Waals surface area contributed by atoms with Gasteiger partial charge in [-0.2, -0.15) is 0 Å². The third-order valence-corrected chi connectivity index (χ3v) is 16.3. The fraction of sp³-hybridized carbons (Fsp3) is 0.344. The Morgan fingerprint density at radius 2 is 1.04 bits per heavy atom. The lowest BCUT2D eigenvalue weighted by Crippen LogP contribution is -2.46. The Balaban J connectivity index is 0.000000162. The minimum absolute atomic E-state index is 0. The molecule has 6 N–H and O–H groups in total. The van der Waals surface area contributed by atoms with Gasteiger partial charge in [0, 0.05) is 29.8 Å². The van der Waals surface area contributed by atoms with Crippen LogP contribution in [0.25, 0.3) is 23.2 Å². The Hall–Kier alpha value is -9.24. The number of esters is 2. The number of nitrogens with one attached hydrogen (secondary N) is 4. The molecule has 21 nitrogen and oxygen atoms in total. The summed E-state index contributed by atoms with van der Waals surface area (Å²) in [5, 5.41) is 13.3. The number of ether oxygens (including phenoxy) is 4. The van der Waals surface area contributed by atoms with Gasteiger partial charge < -0.3 is 63.6 Å². The Kier molecular flexibility index (Phi) is 11.9. The highest BCUT2D eigenvalue weighted by Gasteiger charge is 2.63. The summed E-state index contributed by atoms with van der Waals surface area (Å²) in [6.07, 6.45) is 2.20. The Bertz CT molecular complexity index is 3690. The first-order valence-electron chi connectivity index (χ1n) is 27.0. The number of benzene rings is 4. The lowest BCUT2D eigenvalue weighted by atomic mass is 9.72. The predicted molar refractivity (Wildman–Crippen MR) is 296 cm³/mol. The van der Waals surface area contributed by atoms with Gasteiger partial charge in [0.05, 0.1) is 20.3 Å². The standard InChI is InChI=1S/C31H30N4O6.C30H29N5O6.H2/c1-15-12-16-10-11-21-18(13-16)31(17-8-6-7-9-19(17)33-29(31)40-21)24-22(26-32-20(14-39-26)28(37)38-5)34-27(41-24)23(30(2,3)4)35-25(15)36;1-29(2,3)22-26-34-21(25-32-19(13-39-25)27(37)38-4)23(41-26)30-15-7-5-6-8-18(15)33-28(30)40-20-10-9-14(11-16(20)30)12-17(31)24(36)35-22;/h6-11,13-15,23,29,33H,12H2,1-5H3,(H,35,36);5-11,13,17,22,28,33H,12,31H2,1-4H3,(H,35,36);1H/t15?,23?,29-,31?;17?,22?,28-,30?;/m11./s1. The number of hydrogen-bond acceptors (Lipinski definition) is 19. The van der Waals surface area contributed by atoms with E-state index in [1.807, 2.05) is 127 Å². The van der Waals surface area contributed by atoms with Crippen LogP contribution in [0.2, 0.25) is 0 Å². The zero-order chi connectivity index (χ0) is 57.4. The van der Waals surface area contributed by atoms with E-state index in [-0.39, 0.29) is 53.9 Å². The SMILES string of the molecule is COC(=O)c1coc(-c2nc3oc2C24c5ccccc5N[C@@H]2Oc2ccc(cc24)CC(C)C(=O)NC3C(C)(C)C)n1.COC(=O)c1coc(-c2nc3oc2C24c5ccccc5N[C@@H]2Oc2ccc(cc24)CC(N)C(=O)NC3C(C)(C)C)n1.[HH]. The van der Waals surface area contributed by atoms with Crippen molar-refractivity contribution in [2.75, 3.05) is 24.9 Å². The fourth-order valence-corrected chi connectivity index (χ4v) is 12.2.